The van der Waals surface area contributed by atoms with Crippen molar-refractivity contribution in [1.29, 1.82) is 0 Å². The van der Waals surface area contributed by atoms with E-state index in [0.717, 1.165) is 0 Å². The molecule has 13 heavy (non-hydrogen) atoms. The predicted molar refractivity (Wildman–Crippen MR) is 50.3 cm³/mol. The predicted octanol–water partition coefficient (Wildman–Crippen LogP) is 1.38. The van der Waals surface area contributed by atoms with Crippen LogP contribution < -0.4 is 5.32 Å². The van der Waals surface area contributed by atoms with E-state index in [2.05, 4.69) is 5.32 Å². The van der Waals surface area contributed by atoms with Crippen LogP contribution in [0.15, 0.2) is 30.3 Å². The molecule has 3 nitrogen and oxygen atoms in total. The summed E-state index contributed by atoms with van der Waals surface area (Å²) in [4.78, 5) is 12.9. The highest BCUT2D eigenvalue weighted by Crippen LogP contribution is 2.21. The molecule has 2 amide bonds. The van der Waals surface area contributed by atoms with E-state index in [1.807, 2.05) is 37.4 Å². The molecule has 1 aliphatic rings. The third kappa shape index (κ3) is 1.37. The average molecular weight is 176 g/mol. The Balaban J connectivity index is 2.24. The van der Waals surface area contributed by atoms with Gasteiger partial charge in [-0.1, -0.05) is 30.3 Å². The van der Waals surface area contributed by atoms with E-state index in [9.17, 15) is 4.79 Å². The van der Waals surface area contributed by atoms with Crippen molar-refractivity contribution in [3.63, 3.8) is 0 Å². The second-order valence-corrected chi connectivity index (χ2v) is 3.22. The molecule has 1 saturated heterocycles. The molecule has 1 aromatic rings. The molecular weight excluding hydrogens is 164 g/mol. The summed E-state index contributed by atoms with van der Waals surface area (Å²) in [6.07, 6.45) is 0. The lowest BCUT2D eigenvalue weighted by molar-refractivity contribution is 0.217. The molecule has 0 radical (unpaired) electrons. The van der Waals surface area contributed by atoms with Crippen LogP contribution in [0.25, 0.3) is 0 Å². The number of carbonyl (C=O) groups excluding carboxylic acids is 1. The molecule has 0 aliphatic carbocycles. The SMILES string of the molecule is CN1C(=O)NCC1c1ccccc1. The van der Waals surface area contributed by atoms with E-state index in [4.69, 9.17) is 0 Å². The number of likely N-dealkylation sites (N-methyl/N-ethyl adjacent to an activating group) is 1. The summed E-state index contributed by atoms with van der Waals surface area (Å²) in [6.45, 7) is 0.708. The number of rotatable bonds is 1. The number of urea groups is 1. The molecule has 1 fully saturated rings. The highest BCUT2D eigenvalue weighted by atomic mass is 16.2. The molecule has 2 rings (SSSR count). The van der Waals surface area contributed by atoms with Gasteiger partial charge in [0.1, 0.15) is 0 Å². The number of carbonyl (C=O) groups is 1. The van der Waals surface area contributed by atoms with Gasteiger partial charge in [-0.05, 0) is 5.56 Å². The van der Waals surface area contributed by atoms with Crippen molar-refractivity contribution in [3.05, 3.63) is 35.9 Å². The van der Waals surface area contributed by atoms with E-state index < -0.39 is 0 Å². The monoisotopic (exact) mass is 176 g/mol. The first-order valence-electron chi connectivity index (χ1n) is 4.34. The van der Waals surface area contributed by atoms with Gasteiger partial charge in [-0.25, -0.2) is 4.79 Å². The minimum atomic E-state index is 0.00820. The number of amides is 2. The van der Waals surface area contributed by atoms with Crippen LogP contribution in [-0.4, -0.2) is 24.5 Å². The Hall–Kier alpha value is -1.51. The molecule has 0 bridgehead atoms. The van der Waals surface area contributed by atoms with Gasteiger partial charge in [0.15, 0.2) is 0 Å². The first kappa shape index (κ1) is 8.10. The fourth-order valence-corrected chi connectivity index (χ4v) is 1.60. The van der Waals surface area contributed by atoms with Gasteiger partial charge in [-0.3, -0.25) is 0 Å². The van der Waals surface area contributed by atoms with Gasteiger partial charge in [-0.2, -0.15) is 0 Å². The van der Waals surface area contributed by atoms with Crippen LogP contribution in [-0.2, 0) is 0 Å². The fourth-order valence-electron chi connectivity index (χ4n) is 1.60. The first-order valence-corrected chi connectivity index (χ1v) is 4.34. The van der Waals surface area contributed by atoms with E-state index >= 15 is 0 Å². The average Bonchev–Trinajstić information content (AvgIpc) is 2.49. The second kappa shape index (κ2) is 3.09. The lowest BCUT2D eigenvalue weighted by Gasteiger charge is -2.17. The lowest BCUT2D eigenvalue weighted by Crippen LogP contribution is -2.25. The number of hydrogen-bond donors (Lipinski definition) is 1. The molecular formula is C10H12N2O. The minimum Gasteiger partial charge on any atom is -0.336 e. The van der Waals surface area contributed by atoms with Crippen molar-refractivity contribution in [2.24, 2.45) is 0 Å². The van der Waals surface area contributed by atoms with Gasteiger partial charge in [0.2, 0.25) is 0 Å². The maximum absolute atomic E-state index is 11.2. The summed E-state index contributed by atoms with van der Waals surface area (Å²) >= 11 is 0. The van der Waals surface area contributed by atoms with Crippen LogP contribution in [0.4, 0.5) is 4.79 Å². The number of nitrogens with zero attached hydrogens (tertiary/aromatic N) is 1. The molecule has 1 atom stereocenters. The molecule has 1 aromatic carbocycles. The quantitative estimate of drug-likeness (QED) is 0.689. The number of benzene rings is 1. The Morgan fingerprint density at radius 3 is 2.62 bits per heavy atom. The van der Waals surface area contributed by atoms with Crippen LogP contribution in [0, 0.1) is 0 Å². The lowest BCUT2D eigenvalue weighted by atomic mass is 10.1. The van der Waals surface area contributed by atoms with Gasteiger partial charge >= 0.3 is 6.03 Å². The van der Waals surface area contributed by atoms with Crippen molar-refractivity contribution < 1.29 is 4.79 Å². The van der Waals surface area contributed by atoms with Crippen molar-refractivity contribution >= 4 is 6.03 Å². The van der Waals surface area contributed by atoms with E-state index in [1.165, 1.54) is 5.56 Å². The van der Waals surface area contributed by atoms with Gasteiger partial charge in [0.05, 0.1) is 6.04 Å². The molecule has 1 heterocycles. The topological polar surface area (TPSA) is 32.3 Å². The Bertz CT molecular complexity index is 310. The van der Waals surface area contributed by atoms with Crippen molar-refractivity contribution in [1.82, 2.24) is 10.2 Å². The normalized spacial score (nSPS) is 21.8. The molecule has 1 N–H and O–H groups in total. The summed E-state index contributed by atoms with van der Waals surface area (Å²) in [6, 6.07) is 10.2. The Morgan fingerprint density at radius 2 is 2.08 bits per heavy atom. The first-order chi connectivity index (χ1) is 6.29. The van der Waals surface area contributed by atoms with E-state index in [-0.39, 0.29) is 12.1 Å². The number of nitrogens with one attached hydrogen (secondary N) is 1. The van der Waals surface area contributed by atoms with Gasteiger partial charge in [0.25, 0.3) is 0 Å². The van der Waals surface area contributed by atoms with Gasteiger partial charge in [0, 0.05) is 13.6 Å². The molecule has 0 aromatic heterocycles. The summed E-state index contributed by atoms with van der Waals surface area (Å²) in [5, 5.41) is 2.80. The summed E-state index contributed by atoms with van der Waals surface area (Å²) in [5.74, 6) is 0. The van der Waals surface area contributed by atoms with Crippen LogP contribution in [0.3, 0.4) is 0 Å². The molecule has 68 valence electrons. The molecule has 1 aliphatic heterocycles. The molecule has 3 heteroatoms. The standard InChI is InChI=1S/C10H12N2O/c1-12-9(7-11-10(12)13)8-5-3-2-4-6-8/h2-6,9H,7H2,1H3,(H,11,13). The molecule has 1 unspecified atom stereocenters. The van der Waals surface area contributed by atoms with Crippen LogP contribution in [0.2, 0.25) is 0 Å². The van der Waals surface area contributed by atoms with Gasteiger partial charge in [-0.15, -0.1) is 0 Å². The maximum Gasteiger partial charge on any atom is 0.317 e. The van der Waals surface area contributed by atoms with Crippen LogP contribution in [0.1, 0.15) is 11.6 Å². The zero-order chi connectivity index (χ0) is 9.26. The third-order valence-corrected chi connectivity index (χ3v) is 2.42. The van der Waals surface area contributed by atoms with Crippen LogP contribution in [0.5, 0.6) is 0 Å². The molecule has 0 spiro atoms. The minimum absolute atomic E-state index is 0.00820. The second-order valence-electron chi connectivity index (χ2n) is 3.22. The Labute approximate surface area is 77.4 Å². The summed E-state index contributed by atoms with van der Waals surface area (Å²) < 4.78 is 0. The number of hydrogen-bond acceptors (Lipinski definition) is 1. The summed E-state index contributed by atoms with van der Waals surface area (Å²) in [7, 11) is 1.82. The zero-order valence-corrected chi connectivity index (χ0v) is 7.53. The Morgan fingerprint density at radius 1 is 1.38 bits per heavy atom. The van der Waals surface area contributed by atoms with E-state index in [0.29, 0.717) is 6.54 Å². The smallest absolute Gasteiger partial charge is 0.317 e. The summed E-state index contributed by atoms with van der Waals surface area (Å²) in [5.41, 5.74) is 1.18. The van der Waals surface area contributed by atoms with E-state index in [1.54, 1.807) is 4.90 Å². The highest BCUT2D eigenvalue weighted by molar-refractivity contribution is 5.76. The Kier molecular flexibility index (Phi) is 1.93. The van der Waals surface area contributed by atoms with Crippen molar-refractivity contribution in [2.75, 3.05) is 13.6 Å². The van der Waals surface area contributed by atoms with Crippen molar-refractivity contribution in [3.8, 4) is 0 Å². The van der Waals surface area contributed by atoms with Gasteiger partial charge < -0.3 is 10.2 Å². The fraction of sp³-hybridized carbons (Fsp3) is 0.300. The highest BCUT2D eigenvalue weighted by Gasteiger charge is 2.27. The van der Waals surface area contributed by atoms with Crippen LogP contribution >= 0.6 is 0 Å². The third-order valence-electron chi connectivity index (χ3n) is 2.42. The maximum atomic E-state index is 11.2. The van der Waals surface area contributed by atoms with Crippen molar-refractivity contribution in [2.45, 2.75) is 6.04 Å². The zero-order valence-electron chi connectivity index (χ0n) is 7.53. The molecule has 0 saturated carbocycles. The largest absolute Gasteiger partial charge is 0.336 e.